The Kier molecular flexibility index (Phi) is 4.56. The molecule has 0 amide bonds. The van der Waals surface area contributed by atoms with Gasteiger partial charge in [0.25, 0.3) is 0 Å². The van der Waals surface area contributed by atoms with Crippen molar-refractivity contribution in [1.82, 2.24) is 0 Å². The largest absolute Gasteiger partial charge is 1.00 e. The Morgan fingerprint density at radius 3 is 1.93 bits per heavy atom. The smallest absolute Gasteiger partial charge is 0.744 e. The van der Waals surface area contributed by atoms with E-state index in [9.17, 15) is 26.1 Å². The molecule has 0 saturated carbocycles. The maximum absolute atomic E-state index is 12.2. The van der Waals surface area contributed by atoms with Crippen LogP contribution >= 0.6 is 0 Å². The summed E-state index contributed by atoms with van der Waals surface area (Å²) in [5.74, 6) is 0. The van der Waals surface area contributed by atoms with E-state index in [4.69, 9.17) is 0 Å². The first-order chi connectivity index (χ1) is 6.23. The molecule has 1 rings (SSSR count). The fourth-order valence-corrected chi connectivity index (χ4v) is 1.62. The van der Waals surface area contributed by atoms with Gasteiger partial charge in [-0.3, -0.25) is 0 Å². The van der Waals surface area contributed by atoms with Crippen LogP contribution in [0.2, 0.25) is 0 Å². The molecule has 88 valence electrons. The third kappa shape index (κ3) is 3.62. The summed E-state index contributed by atoms with van der Waals surface area (Å²) in [6.45, 7) is 0. The molecule has 0 aliphatic rings. The van der Waals surface area contributed by atoms with E-state index in [2.05, 4.69) is 0 Å². The molecule has 0 aliphatic heterocycles. The van der Waals surface area contributed by atoms with Crippen LogP contribution in [0.3, 0.4) is 0 Å². The summed E-state index contributed by atoms with van der Waals surface area (Å²) in [6.07, 6.45) is -4.84. The minimum atomic E-state index is -5.09. The molecule has 0 spiro atoms. The summed E-state index contributed by atoms with van der Waals surface area (Å²) < 4.78 is 67.9. The van der Waals surface area contributed by atoms with Crippen molar-refractivity contribution in [3.63, 3.8) is 0 Å². The van der Waals surface area contributed by atoms with E-state index in [-0.39, 0.29) is 22.4 Å². The molecule has 0 radical (unpaired) electrons. The fourth-order valence-electron chi connectivity index (χ4n) is 0.919. The molecule has 0 aromatic heterocycles. The van der Waals surface area contributed by atoms with Crippen LogP contribution in [0, 0.1) is 0 Å². The number of hydrogen-bond donors (Lipinski definition) is 0. The third-order valence-corrected chi connectivity index (χ3v) is 2.36. The second kappa shape index (κ2) is 4.67. The number of halogens is 3. The maximum Gasteiger partial charge on any atom is 1.00 e. The second-order valence-electron chi connectivity index (χ2n) is 2.45. The van der Waals surface area contributed by atoms with Gasteiger partial charge in [-0.1, -0.05) is 12.1 Å². The summed E-state index contributed by atoms with van der Waals surface area (Å²) >= 11 is 0. The van der Waals surface area contributed by atoms with Crippen molar-refractivity contribution in [2.24, 2.45) is 0 Å². The monoisotopic (exact) mass is 332 g/mol. The van der Waals surface area contributed by atoms with Crippen LogP contribution in [0.5, 0.6) is 0 Å². The van der Waals surface area contributed by atoms with Crippen molar-refractivity contribution < 1.29 is 48.5 Å². The van der Waals surface area contributed by atoms with E-state index < -0.39 is 26.8 Å². The molecule has 0 heterocycles. The summed E-state index contributed by atoms with van der Waals surface area (Å²) in [7, 11) is -5.09. The number of benzene rings is 1. The van der Waals surface area contributed by atoms with Crippen LogP contribution in [-0.2, 0) is 38.7 Å². The first kappa shape index (κ1) is 14.7. The Balaban J connectivity index is 0.00000196. The summed E-state index contributed by atoms with van der Waals surface area (Å²) in [4.78, 5) is -1.24. The van der Waals surface area contributed by atoms with Gasteiger partial charge < -0.3 is 4.55 Å². The quantitative estimate of drug-likeness (QED) is 0.580. The van der Waals surface area contributed by atoms with E-state index in [0.717, 1.165) is 12.1 Å². The molecule has 0 unspecified atom stereocenters. The average molecular weight is 333 g/mol. The van der Waals surface area contributed by atoms with Gasteiger partial charge in [-0.05, 0) is 12.1 Å². The molecule has 8 heteroatoms. The zero-order valence-corrected chi connectivity index (χ0v) is 9.18. The molecule has 0 bridgehead atoms. The molecule has 0 N–H and O–H groups in total. The maximum atomic E-state index is 12.2. The summed E-state index contributed by atoms with van der Waals surface area (Å²) in [5, 5.41) is 0. The Hall–Kier alpha value is -0.340. The van der Waals surface area contributed by atoms with Gasteiger partial charge in [-0.25, -0.2) is 8.42 Å². The zero-order chi connectivity index (χ0) is 11.0. The van der Waals surface area contributed by atoms with Gasteiger partial charge in [0.05, 0.1) is 10.5 Å². The van der Waals surface area contributed by atoms with Gasteiger partial charge >= 0.3 is 28.6 Å². The van der Waals surface area contributed by atoms with Crippen LogP contribution in [0.25, 0.3) is 0 Å². The van der Waals surface area contributed by atoms with E-state index in [1.54, 1.807) is 0 Å². The average Bonchev–Trinajstić information content (AvgIpc) is 2.01. The van der Waals surface area contributed by atoms with Gasteiger partial charge in [-0.2, -0.15) is 13.2 Å². The van der Waals surface area contributed by atoms with E-state index in [0.29, 0.717) is 12.1 Å². The molecular weight excluding hydrogens is 329 g/mol. The molecule has 1 aromatic carbocycles. The summed E-state index contributed by atoms with van der Waals surface area (Å²) in [5.41, 5.74) is -1.44. The molecule has 0 aliphatic carbocycles. The van der Waals surface area contributed by atoms with Crippen molar-refractivity contribution in [3.05, 3.63) is 29.8 Å². The minimum absolute atomic E-state index is 0. The Labute approximate surface area is 99.6 Å². The van der Waals surface area contributed by atoms with E-state index in [1.807, 2.05) is 0 Å². The normalized spacial score (nSPS) is 12.0. The van der Waals surface area contributed by atoms with Crippen molar-refractivity contribution in [3.8, 4) is 0 Å². The fraction of sp³-hybridized carbons (Fsp3) is 0.143. The van der Waals surface area contributed by atoms with Crippen molar-refractivity contribution in [1.29, 1.82) is 0 Å². The number of rotatable bonds is 1. The Bertz CT molecular complexity index is 441. The number of hydrogen-bond acceptors (Lipinski definition) is 3. The van der Waals surface area contributed by atoms with Gasteiger partial charge in [0.2, 0.25) is 0 Å². The first-order valence-electron chi connectivity index (χ1n) is 3.35. The van der Waals surface area contributed by atoms with E-state index >= 15 is 0 Å². The van der Waals surface area contributed by atoms with Crippen LogP contribution in [-0.4, -0.2) is 13.0 Å². The molecule has 15 heavy (non-hydrogen) atoms. The minimum Gasteiger partial charge on any atom is -0.744 e. The standard InChI is InChI=1S/C7H5F3O3S.Ag/c8-7(9,10)5-3-1-2-4-6(5)14(11,12)13;/h1-4H,(H,11,12,13);/q;+1/p-1. The predicted molar refractivity (Wildman–Crippen MR) is 39.4 cm³/mol. The second-order valence-corrected chi connectivity index (χ2v) is 3.80. The van der Waals surface area contributed by atoms with Crippen LogP contribution in [0.15, 0.2) is 29.2 Å². The van der Waals surface area contributed by atoms with Crippen molar-refractivity contribution in [2.75, 3.05) is 0 Å². The van der Waals surface area contributed by atoms with Crippen molar-refractivity contribution >= 4 is 10.1 Å². The zero-order valence-electron chi connectivity index (χ0n) is 6.88. The molecular formula is C7H4AgF3O3S. The van der Waals surface area contributed by atoms with Gasteiger partial charge in [-0.15, -0.1) is 0 Å². The van der Waals surface area contributed by atoms with Crippen molar-refractivity contribution in [2.45, 2.75) is 11.1 Å². The number of alkyl halides is 3. The van der Waals surface area contributed by atoms with Gasteiger partial charge in [0, 0.05) is 0 Å². The van der Waals surface area contributed by atoms with Gasteiger partial charge in [0.15, 0.2) is 0 Å². The predicted octanol–water partition coefficient (Wildman–Crippen LogP) is 1.61. The molecule has 3 nitrogen and oxygen atoms in total. The Morgan fingerprint density at radius 1 is 1.13 bits per heavy atom. The molecule has 1 aromatic rings. The van der Waals surface area contributed by atoms with Gasteiger partial charge in [0.1, 0.15) is 10.1 Å². The Morgan fingerprint density at radius 2 is 1.60 bits per heavy atom. The third-order valence-electron chi connectivity index (χ3n) is 1.46. The molecule has 0 fully saturated rings. The van der Waals surface area contributed by atoms with Crippen LogP contribution < -0.4 is 0 Å². The topological polar surface area (TPSA) is 57.2 Å². The SMILES string of the molecule is O=S(=O)([O-])c1ccccc1C(F)(F)F.[Ag+]. The first-order valence-corrected chi connectivity index (χ1v) is 4.76. The molecule has 0 saturated heterocycles. The summed E-state index contributed by atoms with van der Waals surface area (Å²) in [6, 6.07) is 3.24. The molecule has 0 atom stereocenters. The van der Waals surface area contributed by atoms with E-state index in [1.165, 1.54) is 0 Å². The van der Waals surface area contributed by atoms with Crippen LogP contribution in [0.1, 0.15) is 5.56 Å². The van der Waals surface area contributed by atoms with Crippen LogP contribution in [0.4, 0.5) is 13.2 Å².